The number of nitrogens with zero attached hydrogens (tertiary/aromatic N) is 3. The van der Waals surface area contributed by atoms with E-state index in [1.807, 2.05) is 36.5 Å². The molecule has 0 saturated carbocycles. The van der Waals surface area contributed by atoms with Crippen LogP contribution in [0.4, 0.5) is 0 Å². The summed E-state index contributed by atoms with van der Waals surface area (Å²) in [6, 6.07) is 9.57. The highest BCUT2D eigenvalue weighted by Crippen LogP contribution is 2.33. The quantitative estimate of drug-likeness (QED) is 0.805. The molecule has 0 aliphatic carbocycles. The molecular weight excluding hydrogens is 292 g/mol. The topological polar surface area (TPSA) is 56.2 Å². The van der Waals surface area contributed by atoms with Crippen LogP contribution >= 0.6 is 23.4 Å². The van der Waals surface area contributed by atoms with Crippen molar-refractivity contribution in [2.24, 2.45) is 5.73 Å². The van der Waals surface area contributed by atoms with Crippen molar-refractivity contribution in [3.8, 4) is 0 Å². The Morgan fingerprint density at radius 2 is 2.10 bits per heavy atom. The fourth-order valence-electron chi connectivity index (χ4n) is 2.01. The number of hydrogen-bond donors (Lipinski definition) is 1. The summed E-state index contributed by atoms with van der Waals surface area (Å²) in [6.45, 7) is 0.576. The van der Waals surface area contributed by atoms with Crippen LogP contribution in [-0.2, 0) is 6.42 Å². The highest BCUT2D eigenvalue weighted by Gasteiger charge is 2.14. The third-order valence-electron chi connectivity index (χ3n) is 2.89. The number of rotatable bonds is 4. The first kappa shape index (κ1) is 13.4. The van der Waals surface area contributed by atoms with Crippen LogP contribution in [-0.4, -0.2) is 20.9 Å². The first-order chi connectivity index (χ1) is 9.79. The number of hydrogen-bond acceptors (Lipinski definition) is 4. The summed E-state index contributed by atoms with van der Waals surface area (Å²) in [6.07, 6.45) is 4.49. The van der Waals surface area contributed by atoms with Crippen molar-refractivity contribution in [1.82, 2.24) is 14.4 Å². The van der Waals surface area contributed by atoms with Crippen molar-refractivity contribution < 1.29 is 0 Å². The minimum Gasteiger partial charge on any atom is -0.330 e. The van der Waals surface area contributed by atoms with Gasteiger partial charge in [-0.3, -0.25) is 0 Å². The van der Waals surface area contributed by atoms with Gasteiger partial charge in [0.1, 0.15) is 15.7 Å². The number of pyridine rings is 2. The average Bonchev–Trinajstić information content (AvgIpc) is 2.80. The lowest BCUT2D eigenvalue weighted by Gasteiger charge is -2.04. The Hall–Kier alpha value is -1.56. The molecular formula is C14H13ClN4S. The largest absolute Gasteiger partial charge is 0.330 e. The first-order valence-corrected chi connectivity index (χ1v) is 7.43. The summed E-state index contributed by atoms with van der Waals surface area (Å²) >= 11 is 7.64. The van der Waals surface area contributed by atoms with Crippen LogP contribution in [0.2, 0.25) is 5.02 Å². The maximum absolute atomic E-state index is 6.16. The summed E-state index contributed by atoms with van der Waals surface area (Å²) in [5.74, 6) is 0. The van der Waals surface area contributed by atoms with Crippen LogP contribution in [0, 0.1) is 0 Å². The summed E-state index contributed by atoms with van der Waals surface area (Å²) in [4.78, 5) is 8.93. The molecule has 6 heteroatoms. The Morgan fingerprint density at radius 3 is 2.90 bits per heavy atom. The van der Waals surface area contributed by atoms with E-state index < -0.39 is 0 Å². The minimum atomic E-state index is 0.576. The highest BCUT2D eigenvalue weighted by atomic mass is 35.5. The molecule has 4 nitrogen and oxygen atoms in total. The SMILES string of the molecule is NCCc1c(Sc2ncccc2Cl)nc2ccccn12. The second-order valence-electron chi connectivity index (χ2n) is 4.22. The maximum Gasteiger partial charge on any atom is 0.138 e. The van der Waals surface area contributed by atoms with Crippen molar-refractivity contribution in [3.63, 3.8) is 0 Å². The molecule has 3 aromatic heterocycles. The van der Waals surface area contributed by atoms with E-state index in [0.717, 1.165) is 27.8 Å². The van der Waals surface area contributed by atoms with Gasteiger partial charge in [0.05, 0.1) is 10.7 Å². The molecule has 3 heterocycles. The van der Waals surface area contributed by atoms with Gasteiger partial charge in [-0.25, -0.2) is 9.97 Å². The summed E-state index contributed by atoms with van der Waals surface area (Å²) in [5.41, 5.74) is 7.71. The van der Waals surface area contributed by atoms with E-state index in [1.54, 1.807) is 6.20 Å². The van der Waals surface area contributed by atoms with Crippen LogP contribution in [0.25, 0.3) is 5.65 Å². The van der Waals surface area contributed by atoms with Crippen LogP contribution in [0.1, 0.15) is 5.69 Å². The summed E-state index contributed by atoms with van der Waals surface area (Å²) in [5, 5.41) is 2.30. The molecule has 102 valence electrons. The van der Waals surface area contributed by atoms with Gasteiger partial charge in [-0.05, 0) is 42.6 Å². The molecule has 3 aromatic rings. The van der Waals surface area contributed by atoms with E-state index in [9.17, 15) is 0 Å². The first-order valence-electron chi connectivity index (χ1n) is 6.24. The van der Waals surface area contributed by atoms with Gasteiger partial charge < -0.3 is 10.1 Å². The van der Waals surface area contributed by atoms with Crippen molar-refractivity contribution >= 4 is 29.0 Å². The molecule has 0 amide bonds. The van der Waals surface area contributed by atoms with Gasteiger partial charge in [-0.2, -0.15) is 0 Å². The molecule has 0 aliphatic rings. The number of aromatic nitrogens is 3. The zero-order valence-electron chi connectivity index (χ0n) is 10.7. The van der Waals surface area contributed by atoms with E-state index in [-0.39, 0.29) is 0 Å². The number of fused-ring (bicyclic) bond motifs is 1. The van der Waals surface area contributed by atoms with E-state index in [1.165, 1.54) is 11.8 Å². The van der Waals surface area contributed by atoms with E-state index in [0.29, 0.717) is 11.6 Å². The molecule has 0 fully saturated rings. The van der Waals surface area contributed by atoms with Crippen molar-refractivity contribution in [3.05, 3.63) is 53.4 Å². The maximum atomic E-state index is 6.16. The smallest absolute Gasteiger partial charge is 0.138 e. The molecule has 0 spiro atoms. The number of nitrogens with two attached hydrogens (primary N) is 1. The fraction of sp³-hybridized carbons (Fsp3) is 0.143. The van der Waals surface area contributed by atoms with E-state index in [4.69, 9.17) is 17.3 Å². The lowest BCUT2D eigenvalue weighted by atomic mass is 10.3. The van der Waals surface area contributed by atoms with E-state index in [2.05, 4.69) is 14.4 Å². The Bertz CT molecular complexity index is 741. The molecule has 0 atom stereocenters. The molecule has 0 unspecified atom stereocenters. The average molecular weight is 305 g/mol. The van der Waals surface area contributed by atoms with Crippen LogP contribution < -0.4 is 5.73 Å². The lowest BCUT2D eigenvalue weighted by Crippen LogP contribution is -2.06. The van der Waals surface area contributed by atoms with E-state index >= 15 is 0 Å². The minimum absolute atomic E-state index is 0.576. The Morgan fingerprint density at radius 1 is 1.20 bits per heavy atom. The molecule has 0 aromatic carbocycles. The summed E-state index contributed by atoms with van der Waals surface area (Å²) in [7, 11) is 0. The highest BCUT2D eigenvalue weighted by molar-refractivity contribution is 7.99. The van der Waals surface area contributed by atoms with Crippen LogP contribution in [0.15, 0.2) is 52.8 Å². The van der Waals surface area contributed by atoms with Crippen molar-refractivity contribution in [2.75, 3.05) is 6.54 Å². The number of imidazole rings is 1. The van der Waals surface area contributed by atoms with Crippen molar-refractivity contribution in [1.29, 1.82) is 0 Å². The summed E-state index contributed by atoms with van der Waals surface area (Å²) < 4.78 is 2.06. The molecule has 20 heavy (non-hydrogen) atoms. The molecule has 2 N–H and O–H groups in total. The molecule has 3 rings (SSSR count). The zero-order valence-corrected chi connectivity index (χ0v) is 12.2. The van der Waals surface area contributed by atoms with Gasteiger partial charge in [-0.1, -0.05) is 17.7 Å². The Balaban J connectivity index is 2.06. The van der Waals surface area contributed by atoms with Gasteiger partial charge >= 0.3 is 0 Å². The monoisotopic (exact) mass is 304 g/mol. The zero-order chi connectivity index (χ0) is 13.9. The Labute approximate surface area is 126 Å². The fourth-order valence-corrected chi connectivity index (χ4v) is 3.17. The molecule has 0 saturated heterocycles. The molecule has 0 bridgehead atoms. The predicted octanol–water partition coefficient (Wildman–Crippen LogP) is 3.04. The normalized spacial score (nSPS) is 11.1. The van der Waals surface area contributed by atoms with Gasteiger partial charge in [-0.15, -0.1) is 0 Å². The second kappa shape index (κ2) is 5.83. The van der Waals surface area contributed by atoms with Gasteiger partial charge in [0.2, 0.25) is 0 Å². The molecule has 0 radical (unpaired) electrons. The van der Waals surface area contributed by atoms with Crippen molar-refractivity contribution in [2.45, 2.75) is 16.5 Å². The number of halogens is 1. The second-order valence-corrected chi connectivity index (χ2v) is 5.61. The van der Waals surface area contributed by atoms with Gasteiger partial charge in [0.25, 0.3) is 0 Å². The van der Waals surface area contributed by atoms with Gasteiger partial charge in [0, 0.05) is 18.8 Å². The van der Waals surface area contributed by atoms with Gasteiger partial charge in [0.15, 0.2) is 0 Å². The standard InChI is InChI=1S/C14H13ClN4S/c15-10-4-3-8-17-13(10)20-14-11(6-7-16)19-9-2-1-5-12(19)18-14/h1-5,8-9H,6-7,16H2. The van der Waals surface area contributed by atoms with Crippen LogP contribution in [0.3, 0.4) is 0 Å². The third kappa shape index (κ3) is 2.52. The lowest BCUT2D eigenvalue weighted by molar-refractivity contribution is 0.875. The predicted molar refractivity (Wildman–Crippen MR) is 81.3 cm³/mol. The Kier molecular flexibility index (Phi) is 3.91. The third-order valence-corrected chi connectivity index (χ3v) is 4.35. The van der Waals surface area contributed by atoms with Crippen LogP contribution in [0.5, 0.6) is 0 Å². The molecule has 0 aliphatic heterocycles.